The Balaban J connectivity index is 2.15. The highest BCUT2D eigenvalue weighted by Gasteiger charge is 2.18. The number of sulfonamides is 1. The van der Waals surface area contributed by atoms with Crippen LogP contribution in [-0.4, -0.2) is 54.0 Å². The zero-order valence-corrected chi connectivity index (χ0v) is 15.7. The van der Waals surface area contributed by atoms with Crippen LogP contribution in [0.15, 0.2) is 35.4 Å². The Morgan fingerprint density at radius 3 is 2.54 bits per heavy atom. The molecule has 2 rings (SSSR count). The summed E-state index contributed by atoms with van der Waals surface area (Å²) in [5, 5.41) is 9.24. The van der Waals surface area contributed by atoms with E-state index in [1.165, 1.54) is 29.2 Å². The standard InChI is InChI=1S/C17H24N4O4S/c1-3-8-19-26(24,25)16-6-4-14(5-7-16)17(23)21(9-10-22)12-15-11-18-13(2)20-15/h4-7,11,19,22H,3,8-10,12H2,1-2H3,(H,18,20). The van der Waals surface area contributed by atoms with Gasteiger partial charge < -0.3 is 15.0 Å². The molecular formula is C17H24N4O4S. The van der Waals surface area contributed by atoms with E-state index in [1.807, 2.05) is 13.8 Å². The number of benzene rings is 1. The Kier molecular flexibility index (Phi) is 6.90. The first-order chi connectivity index (χ1) is 12.4. The van der Waals surface area contributed by atoms with Gasteiger partial charge in [0.1, 0.15) is 5.82 Å². The largest absolute Gasteiger partial charge is 0.395 e. The van der Waals surface area contributed by atoms with Crippen LogP contribution in [0.3, 0.4) is 0 Å². The number of amides is 1. The van der Waals surface area contributed by atoms with Crippen LogP contribution in [0.2, 0.25) is 0 Å². The van der Waals surface area contributed by atoms with Gasteiger partial charge >= 0.3 is 0 Å². The van der Waals surface area contributed by atoms with E-state index in [0.717, 1.165) is 11.5 Å². The van der Waals surface area contributed by atoms with E-state index >= 15 is 0 Å². The molecule has 2 aromatic rings. The number of nitrogens with one attached hydrogen (secondary N) is 2. The summed E-state index contributed by atoms with van der Waals surface area (Å²) in [5.41, 5.74) is 1.11. The maximum Gasteiger partial charge on any atom is 0.254 e. The van der Waals surface area contributed by atoms with E-state index in [9.17, 15) is 18.3 Å². The molecule has 0 atom stereocenters. The first-order valence-electron chi connectivity index (χ1n) is 8.37. The predicted octanol–water partition coefficient (Wildman–Crippen LogP) is 1.04. The molecule has 1 aromatic carbocycles. The Morgan fingerprint density at radius 1 is 1.31 bits per heavy atom. The van der Waals surface area contributed by atoms with Crippen LogP contribution in [0.25, 0.3) is 0 Å². The van der Waals surface area contributed by atoms with Crippen LogP contribution in [0.1, 0.15) is 35.2 Å². The highest BCUT2D eigenvalue weighted by atomic mass is 32.2. The third-order valence-corrected chi connectivity index (χ3v) is 5.20. The van der Waals surface area contributed by atoms with Gasteiger partial charge in [-0.05, 0) is 37.6 Å². The van der Waals surface area contributed by atoms with Crippen molar-refractivity contribution in [2.24, 2.45) is 0 Å². The minimum absolute atomic E-state index is 0.111. The fourth-order valence-corrected chi connectivity index (χ4v) is 3.54. The van der Waals surface area contributed by atoms with Gasteiger partial charge in [0, 0.05) is 18.7 Å². The van der Waals surface area contributed by atoms with E-state index in [4.69, 9.17) is 0 Å². The third-order valence-electron chi connectivity index (χ3n) is 3.73. The number of carbonyl (C=O) groups is 1. The Hall–Kier alpha value is -2.23. The lowest BCUT2D eigenvalue weighted by Gasteiger charge is -2.21. The molecule has 0 fully saturated rings. The molecule has 0 radical (unpaired) electrons. The summed E-state index contributed by atoms with van der Waals surface area (Å²) in [4.78, 5) is 21.4. The molecule has 1 heterocycles. The van der Waals surface area contributed by atoms with Gasteiger partial charge in [0.25, 0.3) is 5.91 Å². The zero-order chi connectivity index (χ0) is 19.2. The van der Waals surface area contributed by atoms with Crippen LogP contribution in [0.5, 0.6) is 0 Å². The first-order valence-corrected chi connectivity index (χ1v) is 9.86. The van der Waals surface area contributed by atoms with Gasteiger partial charge in [0.15, 0.2) is 0 Å². The van der Waals surface area contributed by atoms with Crippen LogP contribution < -0.4 is 4.72 Å². The van der Waals surface area contributed by atoms with Crippen molar-refractivity contribution in [3.63, 3.8) is 0 Å². The van der Waals surface area contributed by atoms with E-state index in [-0.39, 0.29) is 30.5 Å². The molecule has 0 aliphatic carbocycles. The third kappa shape index (κ3) is 5.13. The second-order valence-corrected chi connectivity index (χ2v) is 7.63. The summed E-state index contributed by atoms with van der Waals surface area (Å²) >= 11 is 0. The summed E-state index contributed by atoms with van der Waals surface area (Å²) in [5.74, 6) is 0.447. The number of hydrogen-bond acceptors (Lipinski definition) is 5. The average Bonchev–Trinajstić information content (AvgIpc) is 3.04. The molecule has 0 saturated heterocycles. The predicted molar refractivity (Wildman–Crippen MR) is 97.1 cm³/mol. The van der Waals surface area contributed by atoms with E-state index in [1.54, 1.807) is 6.20 Å². The molecule has 142 valence electrons. The van der Waals surface area contributed by atoms with E-state index in [0.29, 0.717) is 18.5 Å². The summed E-state index contributed by atoms with van der Waals surface area (Å²) in [6.07, 6.45) is 2.33. The minimum Gasteiger partial charge on any atom is -0.395 e. The number of aryl methyl sites for hydroxylation is 1. The van der Waals surface area contributed by atoms with Crippen molar-refractivity contribution in [1.82, 2.24) is 19.6 Å². The molecule has 0 saturated carbocycles. The van der Waals surface area contributed by atoms with Crippen LogP contribution in [-0.2, 0) is 16.6 Å². The van der Waals surface area contributed by atoms with Crippen molar-refractivity contribution in [3.8, 4) is 0 Å². The molecule has 0 bridgehead atoms. The molecule has 0 unspecified atom stereocenters. The average molecular weight is 380 g/mol. The fraction of sp³-hybridized carbons (Fsp3) is 0.412. The smallest absolute Gasteiger partial charge is 0.254 e. The van der Waals surface area contributed by atoms with Gasteiger partial charge in [-0.2, -0.15) is 0 Å². The second kappa shape index (κ2) is 8.93. The highest BCUT2D eigenvalue weighted by molar-refractivity contribution is 7.89. The Bertz CT molecular complexity index is 831. The van der Waals surface area contributed by atoms with Crippen molar-refractivity contribution in [3.05, 3.63) is 47.5 Å². The quantitative estimate of drug-likeness (QED) is 0.601. The molecule has 0 aliphatic heterocycles. The molecule has 1 aromatic heterocycles. The SMILES string of the molecule is CCCNS(=O)(=O)c1ccc(C(=O)N(CCO)Cc2cnc(C)[nH]2)cc1. The number of aromatic amines is 1. The van der Waals surface area contributed by atoms with Crippen molar-refractivity contribution in [1.29, 1.82) is 0 Å². The van der Waals surface area contributed by atoms with Gasteiger partial charge in [-0.25, -0.2) is 18.1 Å². The van der Waals surface area contributed by atoms with Gasteiger partial charge in [-0.1, -0.05) is 6.92 Å². The minimum atomic E-state index is -3.57. The number of H-pyrrole nitrogens is 1. The van der Waals surface area contributed by atoms with Crippen molar-refractivity contribution in [2.75, 3.05) is 19.7 Å². The molecule has 8 nitrogen and oxygen atoms in total. The molecule has 3 N–H and O–H groups in total. The number of aromatic nitrogens is 2. The lowest BCUT2D eigenvalue weighted by Crippen LogP contribution is -2.33. The summed E-state index contributed by atoms with van der Waals surface area (Å²) in [6.45, 7) is 4.31. The first kappa shape index (κ1) is 20.1. The number of hydrogen-bond donors (Lipinski definition) is 3. The monoisotopic (exact) mass is 380 g/mol. The fourth-order valence-electron chi connectivity index (χ4n) is 2.41. The van der Waals surface area contributed by atoms with Crippen molar-refractivity contribution >= 4 is 15.9 Å². The number of imidazole rings is 1. The topological polar surface area (TPSA) is 115 Å². The molecular weight excluding hydrogens is 356 g/mol. The van der Waals surface area contributed by atoms with E-state index < -0.39 is 10.0 Å². The Labute approximate surface area is 153 Å². The van der Waals surface area contributed by atoms with Gasteiger partial charge in [-0.3, -0.25) is 4.79 Å². The van der Waals surface area contributed by atoms with Crippen LogP contribution >= 0.6 is 0 Å². The number of aliphatic hydroxyl groups excluding tert-OH is 1. The van der Waals surface area contributed by atoms with Crippen LogP contribution in [0.4, 0.5) is 0 Å². The molecule has 9 heteroatoms. The number of carbonyl (C=O) groups excluding carboxylic acids is 1. The van der Waals surface area contributed by atoms with E-state index in [2.05, 4.69) is 14.7 Å². The van der Waals surface area contributed by atoms with Crippen molar-refractivity contribution in [2.45, 2.75) is 31.7 Å². The molecule has 0 spiro atoms. The van der Waals surface area contributed by atoms with Crippen molar-refractivity contribution < 1.29 is 18.3 Å². The van der Waals surface area contributed by atoms with Gasteiger partial charge in [-0.15, -0.1) is 0 Å². The van der Waals surface area contributed by atoms with Gasteiger partial charge in [0.05, 0.1) is 29.9 Å². The Morgan fingerprint density at radius 2 is 2.00 bits per heavy atom. The lowest BCUT2D eigenvalue weighted by atomic mass is 10.2. The number of aliphatic hydroxyl groups is 1. The molecule has 26 heavy (non-hydrogen) atoms. The molecule has 1 amide bonds. The maximum absolute atomic E-state index is 12.7. The zero-order valence-electron chi connectivity index (χ0n) is 14.9. The summed E-state index contributed by atoms with van der Waals surface area (Å²) in [7, 11) is -3.57. The summed E-state index contributed by atoms with van der Waals surface area (Å²) < 4.78 is 26.7. The summed E-state index contributed by atoms with van der Waals surface area (Å²) in [6, 6.07) is 5.77. The normalized spacial score (nSPS) is 11.5. The van der Waals surface area contributed by atoms with Gasteiger partial charge in [0.2, 0.25) is 10.0 Å². The lowest BCUT2D eigenvalue weighted by molar-refractivity contribution is 0.0705. The highest BCUT2D eigenvalue weighted by Crippen LogP contribution is 2.14. The number of rotatable bonds is 9. The molecule has 0 aliphatic rings. The second-order valence-electron chi connectivity index (χ2n) is 5.87. The van der Waals surface area contributed by atoms with Crippen LogP contribution in [0, 0.1) is 6.92 Å². The number of nitrogens with zero attached hydrogens (tertiary/aromatic N) is 2. The maximum atomic E-state index is 12.7.